The Morgan fingerprint density at radius 2 is 1.62 bits per heavy atom. The molecular weight excluding hydrogens is 572 g/mol. The largest absolute Gasteiger partial charge is 0.421 e. The highest BCUT2D eigenvalue weighted by Crippen LogP contribution is 2.51. The average Bonchev–Trinajstić information content (AvgIpc) is 2.94. The molecule has 2 heterocycles. The number of benzene rings is 2. The predicted octanol–water partition coefficient (Wildman–Crippen LogP) is 6.14. The van der Waals surface area contributed by atoms with Gasteiger partial charge in [-0.05, 0) is 50.7 Å². The minimum Gasteiger partial charge on any atom is -0.339 e. The lowest BCUT2D eigenvalue weighted by atomic mass is 10.1. The van der Waals surface area contributed by atoms with Crippen molar-refractivity contribution in [3.8, 4) is 0 Å². The van der Waals surface area contributed by atoms with Crippen molar-refractivity contribution in [1.82, 2.24) is 19.8 Å². The van der Waals surface area contributed by atoms with E-state index in [2.05, 4.69) is 25.5 Å². The van der Waals surface area contributed by atoms with Crippen LogP contribution in [0, 0.1) is 0 Å². The van der Waals surface area contributed by atoms with Crippen molar-refractivity contribution in [2.75, 3.05) is 57.1 Å². The Balaban J connectivity index is 1.56. The molecule has 226 valence electrons. The second-order valence-corrected chi connectivity index (χ2v) is 11.7. The van der Waals surface area contributed by atoms with Crippen LogP contribution in [-0.2, 0) is 26.0 Å². The second-order valence-electron chi connectivity index (χ2n) is 9.65. The third-order valence-electron chi connectivity index (χ3n) is 6.53. The first kappa shape index (κ1) is 31.4. The number of likely N-dealkylation sites (N-methyl/N-ethyl adjacent to an activating group) is 1. The van der Waals surface area contributed by atoms with Crippen molar-refractivity contribution >= 4 is 36.6 Å². The summed E-state index contributed by atoms with van der Waals surface area (Å²) < 4.78 is 65.3. The van der Waals surface area contributed by atoms with Crippen LogP contribution in [0.3, 0.4) is 0 Å². The number of para-hydroxylation sites is 1. The molecule has 0 bridgehead atoms. The van der Waals surface area contributed by atoms with Crippen molar-refractivity contribution in [2.45, 2.75) is 26.2 Å². The van der Waals surface area contributed by atoms with E-state index in [1.807, 2.05) is 7.05 Å². The molecule has 2 N–H and O–H groups in total. The van der Waals surface area contributed by atoms with E-state index < -0.39 is 25.2 Å². The van der Waals surface area contributed by atoms with Crippen LogP contribution >= 0.6 is 7.60 Å². The quantitative estimate of drug-likeness (QED) is 0.249. The molecule has 0 spiro atoms. The Labute approximate surface area is 242 Å². The van der Waals surface area contributed by atoms with Crippen LogP contribution in [0.15, 0.2) is 54.7 Å². The fraction of sp³-hybridized carbons (Fsp3) is 0.393. The van der Waals surface area contributed by atoms with Gasteiger partial charge in [0.05, 0.1) is 30.6 Å². The van der Waals surface area contributed by atoms with Crippen molar-refractivity contribution in [3.05, 3.63) is 71.4 Å². The van der Waals surface area contributed by atoms with Crippen LogP contribution in [0.2, 0.25) is 0 Å². The van der Waals surface area contributed by atoms with Gasteiger partial charge in [0.25, 0.3) is 5.91 Å². The molecule has 1 aliphatic rings. The van der Waals surface area contributed by atoms with Crippen molar-refractivity contribution < 1.29 is 31.6 Å². The minimum absolute atomic E-state index is 0.0755. The van der Waals surface area contributed by atoms with Gasteiger partial charge in [0, 0.05) is 38.1 Å². The Kier molecular flexibility index (Phi) is 10.2. The summed E-state index contributed by atoms with van der Waals surface area (Å²) in [4.78, 5) is 25.0. The molecule has 1 aromatic heterocycles. The lowest BCUT2D eigenvalue weighted by Gasteiger charge is -2.32. The summed E-state index contributed by atoms with van der Waals surface area (Å²) in [5.74, 6) is -0.856. The standard InChI is InChI=1S/C28H34F3N6O4P/c1-4-40-42(39,41-5-2)19-20-10-12-21(13-11-20)33-27-32-18-23(28(29,30)31)25(35-27)34-24-9-7-6-8-22(24)26(38)37-16-14-36(3)15-17-37/h6-13,18H,4-5,14-17,19H2,1-3H3,(H2,32,33,34,35). The number of aromatic nitrogens is 2. The van der Waals surface area contributed by atoms with Crippen LogP contribution < -0.4 is 10.6 Å². The number of anilines is 4. The average molecular weight is 607 g/mol. The molecule has 0 aliphatic carbocycles. The topological polar surface area (TPSA) is 109 Å². The lowest BCUT2D eigenvalue weighted by Crippen LogP contribution is -2.47. The first-order valence-corrected chi connectivity index (χ1v) is 15.3. The fourth-order valence-electron chi connectivity index (χ4n) is 4.40. The number of hydrogen-bond acceptors (Lipinski definition) is 9. The van der Waals surface area contributed by atoms with Gasteiger partial charge in [-0.3, -0.25) is 9.36 Å². The maximum Gasteiger partial charge on any atom is 0.421 e. The predicted molar refractivity (Wildman–Crippen MR) is 154 cm³/mol. The van der Waals surface area contributed by atoms with Crippen LogP contribution in [0.5, 0.6) is 0 Å². The highest BCUT2D eigenvalue weighted by atomic mass is 31.2. The van der Waals surface area contributed by atoms with E-state index in [0.29, 0.717) is 43.6 Å². The zero-order valence-corrected chi connectivity index (χ0v) is 24.5. The molecule has 42 heavy (non-hydrogen) atoms. The molecule has 0 saturated carbocycles. The van der Waals surface area contributed by atoms with Gasteiger partial charge in [-0.15, -0.1) is 0 Å². The van der Waals surface area contributed by atoms with Crippen molar-refractivity contribution in [2.24, 2.45) is 0 Å². The Morgan fingerprint density at radius 1 is 0.976 bits per heavy atom. The number of piperazine rings is 1. The van der Waals surface area contributed by atoms with E-state index in [4.69, 9.17) is 9.05 Å². The summed E-state index contributed by atoms with van der Waals surface area (Å²) in [6.45, 7) is 6.41. The number of nitrogens with zero attached hydrogens (tertiary/aromatic N) is 4. The highest BCUT2D eigenvalue weighted by molar-refractivity contribution is 7.53. The zero-order valence-electron chi connectivity index (χ0n) is 23.6. The molecule has 0 unspecified atom stereocenters. The van der Waals surface area contributed by atoms with Gasteiger partial charge in [0.15, 0.2) is 0 Å². The molecule has 0 atom stereocenters. The van der Waals surface area contributed by atoms with Gasteiger partial charge in [0.2, 0.25) is 5.95 Å². The fourth-order valence-corrected chi connectivity index (χ4v) is 6.10. The van der Waals surface area contributed by atoms with Gasteiger partial charge in [-0.25, -0.2) is 4.98 Å². The van der Waals surface area contributed by atoms with E-state index in [9.17, 15) is 22.5 Å². The Hall–Kier alpha value is -3.51. The molecule has 3 aromatic rings. The van der Waals surface area contributed by atoms with Crippen molar-refractivity contribution in [1.29, 1.82) is 0 Å². The minimum atomic E-state index is -4.74. The summed E-state index contributed by atoms with van der Waals surface area (Å²) >= 11 is 0. The van der Waals surface area contributed by atoms with Crippen molar-refractivity contribution in [3.63, 3.8) is 0 Å². The van der Waals surface area contributed by atoms with E-state index >= 15 is 0 Å². The van der Waals surface area contributed by atoms with Gasteiger partial charge >= 0.3 is 13.8 Å². The monoisotopic (exact) mass is 606 g/mol. The summed E-state index contributed by atoms with van der Waals surface area (Å²) in [5, 5.41) is 5.63. The number of alkyl halides is 3. The smallest absolute Gasteiger partial charge is 0.339 e. The summed E-state index contributed by atoms with van der Waals surface area (Å²) in [6.07, 6.45) is -3.97. The molecule has 1 fully saturated rings. The third-order valence-corrected chi connectivity index (χ3v) is 8.59. The van der Waals surface area contributed by atoms with E-state index in [-0.39, 0.29) is 42.5 Å². The number of amides is 1. The van der Waals surface area contributed by atoms with Gasteiger partial charge in [-0.1, -0.05) is 24.3 Å². The zero-order chi connectivity index (χ0) is 30.3. The second kappa shape index (κ2) is 13.6. The van der Waals surface area contributed by atoms with E-state index in [1.165, 1.54) is 0 Å². The van der Waals surface area contributed by atoms with Gasteiger partial charge < -0.3 is 29.5 Å². The first-order chi connectivity index (χ1) is 20.0. The molecule has 1 saturated heterocycles. The number of nitrogens with one attached hydrogen (secondary N) is 2. The molecule has 2 aromatic carbocycles. The first-order valence-electron chi connectivity index (χ1n) is 13.5. The third kappa shape index (κ3) is 8.07. The summed E-state index contributed by atoms with van der Waals surface area (Å²) in [7, 11) is -1.33. The molecule has 4 rings (SSSR count). The van der Waals surface area contributed by atoms with E-state index in [1.54, 1.807) is 67.3 Å². The Morgan fingerprint density at radius 3 is 2.24 bits per heavy atom. The number of carbonyl (C=O) groups is 1. The molecule has 10 nitrogen and oxygen atoms in total. The molecule has 0 radical (unpaired) electrons. The SMILES string of the molecule is CCOP(=O)(Cc1ccc(Nc2ncc(C(F)(F)F)c(Nc3ccccc3C(=O)N3CCN(C)CC3)n2)cc1)OCC. The Bertz CT molecular complexity index is 1410. The number of hydrogen-bond donors (Lipinski definition) is 2. The van der Waals surface area contributed by atoms with Gasteiger partial charge in [-0.2, -0.15) is 18.2 Å². The molecule has 14 heteroatoms. The number of halogens is 3. The lowest BCUT2D eigenvalue weighted by molar-refractivity contribution is -0.137. The van der Waals surface area contributed by atoms with Crippen LogP contribution in [0.4, 0.5) is 36.3 Å². The van der Waals surface area contributed by atoms with Gasteiger partial charge in [0.1, 0.15) is 11.4 Å². The maximum absolute atomic E-state index is 13.9. The highest BCUT2D eigenvalue weighted by Gasteiger charge is 2.36. The molecular formula is C28H34F3N6O4P. The maximum atomic E-state index is 13.9. The normalized spacial score (nSPS) is 14.6. The molecule has 1 amide bonds. The summed E-state index contributed by atoms with van der Waals surface area (Å²) in [5.41, 5.74) is 0.568. The number of rotatable bonds is 11. The number of carbonyl (C=O) groups excluding carboxylic acids is 1. The van der Waals surface area contributed by atoms with Crippen LogP contribution in [0.1, 0.15) is 35.3 Å². The van der Waals surface area contributed by atoms with Crippen LogP contribution in [0.25, 0.3) is 0 Å². The van der Waals surface area contributed by atoms with E-state index in [0.717, 1.165) is 0 Å². The van der Waals surface area contributed by atoms with Crippen LogP contribution in [-0.4, -0.2) is 72.1 Å². The summed E-state index contributed by atoms with van der Waals surface area (Å²) in [6, 6.07) is 13.2. The molecule has 1 aliphatic heterocycles.